The quantitative estimate of drug-likeness (QED) is 0.857. The van der Waals surface area contributed by atoms with E-state index in [1.54, 1.807) is 18.2 Å². The van der Waals surface area contributed by atoms with Crippen molar-refractivity contribution in [1.29, 1.82) is 0 Å². The number of hydrogen-bond acceptors (Lipinski definition) is 4. The van der Waals surface area contributed by atoms with E-state index in [9.17, 15) is 8.42 Å². The Kier molecular flexibility index (Phi) is 4.69. The van der Waals surface area contributed by atoms with Gasteiger partial charge in [-0.15, -0.1) is 6.42 Å². The predicted molar refractivity (Wildman–Crippen MR) is 81.5 cm³/mol. The number of sulfone groups is 1. The summed E-state index contributed by atoms with van der Waals surface area (Å²) in [5.74, 6) is 2.66. The minimum atomic E-state index is -3.15. The zero-order chi connectivity index (χ0) is 14.6. The normalized spacial score (nSPS) is 17.6. The van der Waals surface area contributed by atoms with Crippen LogP contribution in [0.2, 0.25) is 0 Å². The fourth-order valence-electron chi connectivity index (χ4n) is 2.42. The van der Waals surface area contributed by atoms with Crippen LogP contribution in [0.15, 0.2) is 29.2 Å². The lowest BCUT2D eigenvalue weighted by Gasteiger charge is -2.31. The summed E-state index contributed by atoms with van der Waals surface area (Å²) >= 11 is 0. The molecule has 5 heteroatoms. The lowest BCUT2D eigenvalue weighted by molar-refractivity contribution is 0.243. The van der Waals surface area contributed by atoms with Crippen molar-refractivity contribution >= 4 is 15.5 Å². The molecule has 1 fully saturated rings. The predicted octanol–water partition coefficient (Wildman–Crippen LogP) is 1.60. The Bertz CT molecular complexity index is 597. The number of hydrogen-bond donors (Lipinski definition) is 1. The standard InChI is InChI=1S/C15H20N2O2S/c1-3-9-17-10-7-13(8-11-17)16-14-5-4-6-15(12-14)20(2,18)19/h1,4-6,12-13,16H,7-11H2,2H3. The van der Waals surface area contributed by atoms with E-state index in [0.717, 1.165) is 31.6 Å². The highest BCUT2D eigenvalue weighted by Gasteiger charge is 2.18. The monoisotopic (exact) mass is 292 g/mol. The Labute approximate surface area is 121 Å². The van der Waals surface area contributed by atoms with Crippen molar-refractivity contribution in [2.75, 3.05) is 31.2 Å². The third-order valence-electron chi connectivity index (χ3n) is 3.54. The van der Waals surface area contributed by atoms with Gasteiger partial charge in [0.1, 0.15) is 0 Å². The minimum absolute atomic E-state index is 0.354. The summed E-state index contributed by atoms with van der Waals surface area (Å²) in [6.45, 7) is 2.66. The van der Waals surface area contributed by atoms with Gasteiger partial charge in [0.05, 0.1) is 11.4 Å². The Morgan fingerprint density at radius 1 is 1.40 bits per heavy atom. The van der Waals surface area contributed by atoms with Crippen molar-refractivity contribution in [3.63, 3.8) is 0 Å². The Balaban J connectivity index is 1.97. The molecule has 0 bridgehead atoms. The van der Waals surface area contributed by atoms with Gasteiger partial charge in [-0.25, -0.2) is 8.42 Å². The first-order valence-electron chi connectivity index (χ1n) is 6.71. The van der Waals surface area contributed by atoms with Crippen molar-refractivity contribution in [2.24, 2.45) is 0 Å². The van der Waals surface area contributed by atoms with Gasteiger partial charge in [-0.1, -0.05) is 12.0 Å². The lowest BCUT2D eigenvalue weighted by atomic mass is 10.0. The fourth-order valence-corrected chi connectivity index (χ4v) is 3.08. The zero-order valence-electron chi connectivity index (χ0n) is 11.7. The van der Waals surface area contributed by atoms with Crippen LogP contribution in [0, 0.1) is 12.3 Å². The topological polar surface area (TPSA) is 49.4 Å². The highest BCUT2D eigenvalue weighted by Crippen LogP contribution is 2.19. The fraction of sp³-hybridized carbons (Fsp3) is 0.467. The van der Waals surface area contributed by atoms with Crippen molar-refractivity contribution < 1.29 is 8.42 Å². The number of nitrogens with zero attached hydrogens (tertiary/aromatic N) is 1. The molecular weight excluding hydrogens is 272 g/mol. The summed E-state index contributed by atoms with van der Waals surface area (Å²) in [6.07, 6.45) is 8.57. The molecule has 0 unspecified atom stereocenters. The summed E-state index contributed by atoms with van der Waals surface area (Å²) in [6, 6.07) is 7.37. The van der Waals surface area contributed by atoms with E-state index < -0.39 is 9.84 Å². The number of nitrogens with one attached hydrogen (secondary N) is 1. The molecule has 0 atom stereocenters. The number of anilines is 1. The minimum Gasteiger partial charge on any atom is -0.382 e. The molecule has 0 aliphatic carbocycles. The van der Waals surface area contributed by atoms with Crippen molar-refractivity contribution in [1.82, 2.24) is 4.90 Å². The maximum Gasteiger partial charge on any atom is 0.175 e. The maximum atomic E-state index is 11.5. The van der Waals surface area contributed by atoms with E-state index >= 15 is 0 Å². The second-order valence-corrected chi connectivity index (χ2v) is 7.21. The average Bonchev–Trinajstić information content (AvgIpc) is 2.41. The Morgan fingerprint density at radius 3 is 2.70 bits per heavy atom. The van der Waals surface area contributed by atoms with Crippen LogP contribution in [0.25, 0.3) is 0 Å². The molecule has 0 radical (unpaired) electrons. The zero-order valence-corrected chi connectivity index (χ0v) is 12.5. The molecular formula is C15H20N2O2S. The second-order valence-electron chi connectivity index (χ2n) is 5.20. The number of benzene rings is 1. The summed E-state index contributed by atoms with van der Waals surface area (Å²) in [7, 11) is -3.15. The van der Waals surface area contributed by atoms with E-state index in [0.29, 0.717) is 17.5 Å². The third kappa shape index (κ3) is 3.99. The molecule has 1 aromatic carbocycles. The van der Waals surface area contributed by atoms with Gasteiger partial charge in [-0.05, 0) is 31.0 Å². The van der Waals surface area contributed by atoms with Gasteiger partial charge in [-0.2, -0.15) is 0 Å². The average molecular weight is 292 g/mol. The van der Waals surface area contributed by atoms with Crippen molar-refractivity contribution in [3.8, 4) is 12.3 Å². The lowest BCUT2D eigenvalue weighted by Crippen LogP contribution is -2.39. The van der Waals surface area contributed by atoms with Gasteiger partial charge in [-0.3, -0.25) is 4.90 Å². The van der Waals surface area contributed by atoms with Gasteiger partial charge >= 0.3 is 0 Å². The number of likely N-dealkylation sites (tertiary alicyclic amines) is 1. The number of rotatable bonds is 4. The molecule has 0 saturated carbocycles. The molecule has 4 nitrogen and oxygen atoms in total. The summed E-state index contributed by atoms with van der Waals surface area (Å²) in [4.78, 5) is 2.61. The molecule has 1 saturated heterocycles. The smallest absolute Gasteiger partial charge is 0.175 e. The molecule has 1 aliphatic heterocycles. The van der Waals surface area contributed by atoms with Gasteiger partial charge in [0.15, 0.2) is 9.84 Å². The van der Waals surface area contributed by atoms with Crippen LogP contribution in [-0.2, 0) is 9.84 Å². The highest BCUT2D eigenvalue weighted by atomic mass is 32.2. The van der Waals surface area contributed by atoms with Gasteiger partial charge in [0.25, 0.3) is 0 Å². The van der Waals surface area contributed by atoms with Gasteiger partial charge in [0, 0.05) is 31.1 Å². The SMILES string of the molecule is C#CCN1CCC(Nc2cccc(S(C)(=O)=O)c2)CC1. The molecule has 2 rings (SSSR count). The van der Waals surface area contributed by atoms with Crippen LogP contribution in [0.3, 0.4) is 0 Å². The molecule has 20 heavy (non-hydrogen) atoms. The van der Waals surface area contributed by atoms with E-state index in [1.165, 1.54) is 6.26 Å². The van der Waals surface area contributed by atoms with Gasteiger partial charge in [0.2, 0.25) is 0 Å². The van der Waals surface area contributed by atoms with Gasteiger partial charge < -0.3 is 5.32 Å². The first-order chi connectivity index (χ1) is 9.49. The van der Waals surface area contributed by atoms with Crippen LogP contribution >= 0.6 is 0 Å². The molecule has 0 spiro atoms. The highest BCUT2D eigenvalue weighted by molar-refractivity contribution is 7.90. The first-order valence-corrected chi connectivity index (χ1v) is 8.60. The number of piperidine rings is 1. The second kappa shape index (κ2) is 6.29. The molecule has 1 heterocycles. The molecule has 0 amide bonds. The van der Waals surface area contributed by atoms with E-state index in [4.69, 9.17) is 6.42 Å². The Hall–Kier alpha value is -1.51. The maximum absolute atomic E-state index is 11.5. The third-order valence-corrected chi connectivity index (χ3v) is 4.65. The van der Waals surface area contributed by atoms with Crippen LogP contribution < -0.4 is 5.32 Å². The molecule has 1 aromatic rings. The number of terminal acetylenes is 1. The molecule has 0 aromatic heterocycles. The van der Waals surface area contributed by atoms with Crippen molar-refractivity contribution in [2.45, 2.75) is 23.8 Å². The molecule has 1 aliphatic rings. The van der Waals surface area contributed by atoms with E-state index in [-0.39, 0.29) is 0 Å². The molecule has 108 valence electrons. The first kappa shape index (κ1) is 14.9. The van der Waals surface area contributed by atoms with E-state index in [1.807, 2.05) is 6.07 Å². The van der Waals surface area contributed by atoms with Crippen LogP contribution in [0.5, 0.6) is 0 Å². The van der Waals surface area contributed by atoms with Crippen LogP contribution in [-0.4, -0.2) is 45.2 Å². The summed E-state index contributed by atoms with van der Waals surface area (Å²) < 4.78 is 23.1. The summed E-state index contributed by atoms with van der Waals surface area (Å²) in [5.41, 5.74) is 0.864. The van der Waals surface area contributed by atoms with Crippen LogP contribution in [0.1, 0.15) is 12.8 Å². The largest absolute Gasteiger partial charge is 0.382 e. The Morgan fingerprint density at radius 2 is 2.10 bits per heavy atom. The van der Waals surface area contributed by atoms with Crippen LogP contribution in [0.4, 0.5) is 5.69 Å². The molecule has 1 N–H and O–H groups in total. The summed E-state index contributed by atoms with van der Waals surface area (Å²) in [5, 5.41) is 3.41. The van der Waals surface area contributed by atoms with E-state index in [2.05, 4.69) is 16.1 Å². The van der Waals surface area contributed by atoms with Crippen molar-refractivity contribution in [3.05, 3.63) is 24.3 Å².